The van der Waals surface area contributed by atoms with Gasteiger partial charge in [0.25, 0.3) is 28.4 Å². The van der Waals surface area contributed by atoms with Crippen molar-refractivity contribution >= 4 is 200 Å². The number of amides is 3. The number of benzene rings is 8. The Bertz CT molecular complexity index is 6090. The third-order valence-corrected chi connectivity index (χ3v) is 24.1. The van der Waals surface area contributed by atoms with Gasteiger partial charge >= 0.3 is 24.2 Å². The normalized spacial score (nSPS) is 14.1. The first-order chi connectivity index (χ1) is 63.7. The highest BCUT2D eigenvalue weighted by Gasteiger charge is 2.40. The zero-order chi connectivity index (χ0) is 101. The maximum Gasteiger partial charge on any atom is 0.411 e. The van der Waals surface area contributed by atoms with Crippen LogP contribution in [-0.2, 0) is 23.7 Å². The molecule has 6 N–H and O–H groups in total. The molecular formula is C92H96Br6N14O23S. The van der Waals surface area contributed by atoms with Crippen molar-refractivity contribution in [1.29, 1.82) is 0 Å². The van der Waals surface area contributed by atoms with Crippen molar-refractivity contribution in [3.63, 3.8) is 0 Å². The number of nitrogens with zero attached hydrogens (tertiary/aromatic N) is 10. The van der Waals surface area contributed by atoms with Gasteiger partial charge < -0.3 is 40.4 Å². The lowest BCUT2D eigenvalue weighted by Gasteiger charge is -2.27. The maximum absolute atomic E-state index is 12.6. The van der Waals surface area contributed by atoms with E-state index in [2.05, 4.69) is 116 Å². The number of ether oxygens (including phenoxy) is 4. The predicted octanol–water partition coefficient (Wildman–Crippen LogP) is 23.7. The Morgan fingerprint density at radius 3 is 1.18 bits per heavy atom. The van der Waals surface area contributed by atoms with E-state index in [1.54, 1.807) is 110 Å². The van der Waals surface area contributed by atoms with Gasteiger partial charge in [0, 0.05) is 110 Å². The van der Waals surface area contributed by atoms with Crippen molar-refractivity contribution in [2.45, 2.75) is 166 Å². The Hall–Kier alpha value is -12.4. The molecule has 37 nitrogen and oxygen atoms in total. The summed E-state index contributed by atoms with van der Waals surface area (Å²) >= 11 is 19.9. The van der Waals surface area contributed by atoms with Gasteiger partial charge in [-0.25, -0.2) is 29.1 Å². The number of alkyl halides is 1. The molecule has 720 valence electrons. The van der Waals surface area contributed by atoms with Crippen molar-refractivity contribution in [2.24, 2.45) is 0 Å². The molecule has 0 radical (unpaired) electrons. The number of Topliss-reactive ketones (excluding diaryl/α,β-unsaturated/α-hetero) is 5. The maximum atomic E-state index is 12.6. The van der Waals surface area contributed by atoms with Gasteiger partial charge in [0.1, 0.15) is 34.5 Å². The fourth-order valence-electron chi connectivity index (χ4n) is 12.8. The van der Waals surface area contributed by atoms with E-state index >= 15 is 0 Å². The number of nitrogens with one attached hydrogen (secondary N) is 2. The largest absolute Gasteiger partial charge is 0.456 e. The molecule has 3 aliphatic heterocycles. The number of imidazole rings is 2. The van der Waals surface area contributed by atoms with Crippen molar-refractivity contribution in [2.75, 3.05) is 43.0 Å². The number of halogens is 6. The Labute approximate surface area is 835 Å². The second-order valence-corrected chi connectivity index (χ2v) is 39.0. The van der Waals surface area contributed by atoms with Crippen LogP contribution < -0.4 is 11.5 Å². The van der Waals surface area contributed by atoms with Crippen LogP contribution in [0.1, 0.15) is 197 Å². The first kappa shape index (κ1) is 111. The summed E-state index contributed by atoms with van der Waals surface area (Å²) in [6.45, 7) is 21.8. The minimum atomic E-state index is -0.800. The van der Waals surface area contributed by atoms with Crippen LogP contribution in [0, 0.1) is 50.6 Å². The Morgan fingerprint density at radius 1 is 0.434 bits per heavy atom. The van der Waals surface area contributed by atoms with Crippen molar-refractivity contribution in [3.8, 4) is 22.5 Å². The van der Waals surface area contributed by atoms with E-state index in [4.69, 9.17) is 30.4 Å². The van der Waals surface area contributed by atoms with Gasteiger partial charge in [0.2, 0.25) is 0 Å². The van der Waals surface area contributed by atoms with E-state index in [9.17, 15) is 93.7 Å². The van der Waals surface area contributed by atoms with Gasteiger partial charge in [0.15, 0.2) is 35.5 Å². The summed E-state index contributed by atoms with van der Waals surface area (Å²) < 4.78 is 23.4. The summed E-state index contributed by atoms with van der Waals surface area (Å²) in [6.07, 6.45) is 6.49. The van der Waals surface area contributed by atoms with Crippen molar-refractivity contribution in [1.82, 2.24) is 34.6 Å². The van der Waals surface area contributed by atoms with Gasteiger partial charge in [-0.05, 0) is 317 Å². The molecule has 0 bridgehead atoms. The highest BCUT2D eigenvalue weighted by Crippen LogP contribution is 2.41. The number of carbonyl (C=O) groups is 9. The van der Waals surface area contributed by atoms with Crippen LogP contribution in [0.25, 0.3) is 22.5 Å². The number of ketones is 5. The topological polar surface area (TPSA) is 525 Å². The number of aromatic amines is 2. The van der Waals surface area contributed by atoms with Crippen LogP contribution in [0.3, 0.4) is 0 Å². The summed E-state index contributed by atoms with van der Waals surface area (Å²) in [6, 6.07) is 42.4. The third-order valence-electron chi connectivity index (χ3n) is 19.3. The number of H-pyrrole nitrogens is 2. The summed E-state index contributed by atoms with van der Waals surface area (Å²) in [4.78, 5) is 179. The highest BCUT2D eigenvalue weighted by molar-refractivity contribution is 9.11. The minimum Gasteiger partial charge on any atom is -0.456 e. The van der Waals surface area contributed by atoms with Crippen LogP contribution in [-0.4, -0.2) is 167 Å². The lowest BCUT2D eigenvalue weighted by atomic mass is 10.1. The first-order valence-electron chi connectivity index (χ1n) is 41.3. The number of carbonyl (C=O) groups excluding carboxylic acids is 9. The number of rotatable bonds is 20. The standard InChI is InChI=1S/C24H26N4O4S.C18H21BrN4O4.C18H21BrN2O7.C8H5Br2NO3.C8H6BrNO3.C8H8BrNO.C8H9NO/c1-24(2,3)32-23(29)27-13-7-10-20(27)22-25-15-18(26-22)16-11-12-19(28(30)31)21(14-16)33-17-8-5-4-6-9-17;1-18(2,3)27-17(24)22-8-4-5-15(22)16-20-10-13(21-16)11-6-7-14(23(25)26)12(19)9-11;1-18(2,3)28-17(24)20-8-4-5-14(20)16(23)27-10-15(22)11-6-7-13(21(25)26)12(19)9-11;9-4-8(12)5-1-2-7(11(13)14)6(10)3-5;1-5(11)6-2-3-8(10(12)13)7(9)4-6;1-5(11)6-2-3-8(10)7(9)4-6;1-6(10)7-2-4-8(9)5-3-7/h4-6,8-9,11-12,14-15,20H,7,10,13H2,1-3H3,(H,25,26);6-7,9-10,15H,4-5,8H2,1-3H3,(H,20,21);6-7,9,14H,4-5,8,10H2,1-3H3;1-3H,4H2;2-4H,1H3;2-4H,10H2,1H3;2-5H,9H2,1H3/t20-;15-;14-;;;;/m000..../s1. The molecule has 10 aromatic rings. The number of likely N-dealkylation sites (tertiary alicyclic amines) is 3. The molecule has 0 saturated carbocycles. The molecule has 0 unspecified atom stereocenters. The van der Waals surface area contributed by atoms with Crippen LogP contribution in [0.2, 0.25) is 0 Å². The Balaban J connectivity index is 0.000000226. The number of hydrogen-bond donors (Lipinski definition) is 4. The van der Waals surface area contributed by atoms with E-state index < -0.39 is 67.0 Å². The smallest absolute Gasteiger partial charge is 0.411 e. The van der Waals surface area contributed by atoms with Gasteiger partial charge in [-0.2, -0.15) is 0 Å². The van der Waals surface area contributed by atoms with Crippen LogP contribution >= 0.6 is 107 Å². The lowest BCUT2D eigenvalue weighted by molar-refractivity contribution is -0.387. The molecule has 5 heterocycles. The summed E-state index contributed by atoms with van der Waals surface area (Å²) in [5, 5.41) is 54.4. The summed E-state index contributed by atoms with van der Waals surface area (Å²) in [5.41, 5.74) is 15.8. The number of nitrogens with two attached hydrogens (primary N) is 2. The monoisotopic (exact) mass is 2270 g/mol. The summed E-state index contributed by atoms with van der Waals surface area (Å²) in [7, 11) is 0. The number of nitrogen functional groups attached to an aromatic ring is 2. The molecular weight excluding hydrogens is 2180 g/mol. The van der Waals surface area contributed by atoms with E-state index in [0.717, 1.165) is 57.6 Å². The molecule has 0 spiro atoms. The molecule has 136 heavy (non-hydrogen) atoms. The molecule has 0 aliphatic carbocycles. The third kappa shape index (κ3) is 33.6. The molecule has 3 saturated heterocycles. The highest BCUT2D eigenvalue weighted by atomic mass is 79.9. The number of anilines is 2. The van der Waals surface area contributed by atoms with E-state index in [-0.39, 0.29) is 96.1 Å². The van der Waals surface area contributed by atoms with Crippen molar-refractivity contribution in [3.05, 3.63) is 289 Å². The van der Waals surface area contributed by atoms with Gasteiger partial charge in [-0.15, -0.1) is 0 Å². The Morgan fingerprint density at radius 2 is 0.787 bits per heavy atom. The molecule has 3 fully saturated rings. The number of nitro benzene ring substituents is 5. The zero-order valence-corrected chi connectivity index (χ0v) is 85.8. The molecule has 13 rings (SSSR count). The number of aromatic nitrogens is 4. The number of hydrogen-bond acceptors (Lipinski definition) is 28. The van der Waals surface area contributed by atoms with Gasteiger partial charge in [0.05, 0.1) is 88.6 Å². The van der Waals surface area contributed by atoms with E-state index in [1.165, 1.54) is 104 Å². The second kappa shape index (κ2) is 50.5. The first-order valence-corrected chi connectivity index (χ1v) is 47.2. The van der Waals surface area contributed by atoms with Crippen molar-refractivity contribution < 1.29 is 86.7 Å². The van der Waals surface area contributed by atoms with Gasteiger partial charge in [-0.3, -0.25) is 89.2 Å². The SMILES string of the molecule is CC(=O)c1ccc(N)c(Br)c1.CC(=O)c1ccc(N)cc1.CC(=O)c1ccc([N+](=O)[O-])c(Br)c1.CC(C)(C)OC(=O)N1CCC[C@H]1C(=O)OCC(=O)c1ccc([N+](=O)[O-])c(Br)c1.CC(C)(C)OC(=O)N1CCC[C@H]1c1ncc(-c2ccc([N+](=O)[O-])c(Br)c2)[nH]1.CC(C)(C)OC(=O)N1CCC[C@H]1c1ncc(-c2ccc([N+](=O)[O-])c(Sc3ccccc3)c2)[nH]1.O=C(CBr)c1ccc([N+](=O)[O-])c(Br)c1. The predicted molar refractivity (Wildman–Crippen MR) is 531 cm³/mol. The van der Waals surface area contributed by atoms with E-state index in [0.29, 0.717) is 96.1 Å². The zero-order valence-electron chi connectivity index (χ0n) is 75.4. The molecule has 3 aliphatic rings. The Kier molecular flexibility index (Phi) is 41.1. The van der Waals surface area contributed by atoms with Crippen LogP contribution in [0.4, 0.5) is 54.2 Å². The van der Waals surface area contributed by atoms with E-state index in [1.807, 2.05) is 71.9 Å². The minimum absolute atomic E-state index is 0.00498. The molecule has 3 atom stereocenters. The number of esters is 1. The average Bonchev–Trinajstić information content (AvgIpc) is 1.64. The van der Waals surface area contributed by atoms with Gasteiger partial charge in [-0.1, -0.05) is 45.9 Å². The molecule has 3 amide bonds. The van der Waals surface area contributed by atoms with Crippen LogP contribution in [0.15, 0.2) is 208 Å². The average molecular weight is 2280 g/mol. The molecule has 2 aromatic heterocycles. The quantitative estimate of drug-likeness (QED) is 0.0105. The summed E-state index contributed by atoms with van der Waals surface area (Å²) in [5.74, 6) is 0.0668. The fourth-order valence-corrected chi connectivity index (χ4v) is 16.6. The fraction of sp³-hybridized carbons (Fsp3) is 0.315. The molecule has 8 aromatic carbocycles. The van der Waals surface area contributed by atoms with Crippen LogP contribution in [0.5, 0.6) is 0 Å². The molecule has 44 heteroatoms. The second-order valence-electron chi connectivity index (χ2n) is 33.0. The number of nitro groups is 5. The lowest BCUT2D eigenvalue weighted by Crippen LogP contribution is -2.44.